The number of hydrogen-bond donors (Lipinski definition) is 0. The van der Waals surface area contributed by atoms with Crippen LogP contribution in [0.3, 0.4) is 0 Å². The molecule has 0 bridgehead atoms. The summed E-state index contributed by atoms with van der Waals surface area (Å²) in [6, 6.07) is 5.65. The van der Waals surface area contributed by atoms with E-state index in [0.717, 1.165) is 21.8 Å². The van der Waals surface area contributed by atoms with Crippen molar-refractivity contribution in [3.05, 3.63) is 35.0 Å². The van der Waals surface area contributed by atoms with Crippen LogP contribution < -0.4 is 4.74 Å². The zero-order chi connectivity index (χ0) is 21.7. The summed E-state index contributed by atoms with van der Waals surface area (Å²) in [5.41, 5.74) is -0.701. The van der Waals surface area contributed by atoms with Crippen molar-refractivity contribution in [3.8, 4) is 5.75 Å². The van der Waals surface area contributed by atoms with E-state index in [-0.39, 0.29) is 11.8 Å². The van der Waals surface area contributed by atoms with E-state index < -0.39 is 22.8 Å². The normalized spacial score (nSPS) is 26.8. The Morgan fingerprint density at radius 2 is 1.93 bits per heavy atom. The quantitative estimate of drug-likeness (QED) is 0.246. The number of hydrogen-bond acceptors (Lipinski definition) is 6. The van der Waals surface area contributed by atoms with Crippen molar-refractivity contribution in [2.24, 2.45) is 10.8 Å². The number of rotatable bonds is 3. The Balaban J connectivity index is 1.95. The summed E-state index contributed by atoms with van der Waals surface area (Å²) in [7, 11) is 2.62. The molecule has 2 atom stereocenters. The summed E-state index contributed by atoms with van der Waals surface area (Å²) in [4.78, 5) is 30.5. The van der Waals surface area contributed by atoms with Gasteiger partial charge in [-0.3, -0.25) is 14.6 Å². The van der Waals surface area contributed by atoms with Crippen molar-refractivity contribution < 1.29 is 23.8 Å². The van der Waals surface area contributed by atoms with Crippen molar-refractivity contribution in [2.45, 2.75) is 31.6 Å². The highest BCUT2D eigenvalue weighted by atomic mass is 127. The number of fused-ring (bicyclic) bond motifs is 4. The maximum Gasteiger partial charge on any atom is 0.323 e. The molecule has 1 saturated carbocycles. The third-order valence-corrected chi connectivity index (χ3v) is 8.62. The van der Waals surface area contributed by atoms with Crippen LogP contribution >= 0.6 is 34.2 Å². The lowest BCUT2D eigenvalue weighted by Crippen LogP contribution is -2.56. The van der Waals surface area contributed by atoms with E-state index in [1.807, 2.05) is 18.2 Å². The van der Waals surface area contributed by atoms with Gasteiger partial charge in [-0.25, -0.2) is 0 Å². The number of ether oxygens (including phenoxy) is 3. The molecule has 6 nitrogen and oxygen atoms in total. The molecule has 1 fully saturated rings. The topological polar surface area (TPSA) is 74.7 Å². The zero-order valence-electron chi connectivity index (χ0n) is 17.1. The summed E-state index contributed by atoms with van der Waals surface area (Å²) in [5, 5.41) is 1.39. The number of alkyl halides is 1. The van der Waals surface area contributed by atoms with E-state index in [1.165, 1.54) is 14.2 Å². The van der Waals surface area contributed by atoms with Crippen LogP contribution in [0.2, 0.25) is 5.02 Å². The largest absolute Gasteiger partial charge is 0.490 e. The molecule has 0 saturated heterocycles. The number of halogens is 2. The van der Waals surface area contributed by atoms with Gasteiger partial charge in [0.05, 0.1) is 25.8 Å². The SMILES string of the molecule is COC(=O)C1(C(=O)OC)C[C@](C)(CI)C[C@]2(COc3c2cc(Cl)c2cccnc32)C1. The Labute approximate surface area is 193 Å². The zero-order valence-corrected chi connectivity index (χ0v) is 20.0. The molecule has 0 unspecified atom stereocenters. The maximum absolute atomic E-state index is 13.0. The van der Waals surface area contributed by atoms with E-state index in [4.69, 9.17) is 25.8 Å². The highest BCUT2D eigenvalue weighted by molar-refractivity contribution is 14.1. The van der Waals surface area contributed by atoms with Crippen molar-refractivity contribution in [3.63, 3.8) is 0 Å². The van der Waals surface area contributed by atoms with Gasteiger partial charge in [-0.15, -0.1) is 0 Å². The van der Waals surface area contributed by atoms with Crippen molar-refractivity contribution >= 4 is 57.0 Å². The maximum atomic E-state index is 13.0. The first kappa shape index (κ1) is 21.6. The second-order valence-electron chi connectivity index (χ2n) is 8.74. The third kappa shape index (κ3) is 3.07. The van der Waals surface area contributed by atoms with Crippen LogP contribution in [0, 0.1) is 10.8 Å². The van der Waals surface area contributed by atoms with E-state index in [0.29, 0.717) is 29.3 Å². The third-order valence-electron chi connectivity index (χ3n) is 6.47. The van der Waals surface area contributed by atoms with Gasteiger partial charge < -0.3 is 14.2 Å². The van der Waals surface area contributed by atoms with Crippen molar-refractivity contribution in [2.75, 3.05) is 25.3 Å². The average molecular weight is 544 g/mol. The van der Waals surface area contributed by atoms with Gasteiger partial charge in [0.25, 0.3) is 0 Å². The number of aromatic nitrogens is 1. The number of carbonyl (C=O) groups excluding carboxylic acids is 2. The molecule has 2 aromatic rings. The van der Waals surface area contributed by atoms with Crippen LogP contribution in [0.1, 0.15) is 31.7 Å². The molecule has 1 aromatic carbocycles. The van der Waals surface area contributed by atoms with Crippen LogP contribution in [-0.4, -0.2) is 42.2 Å². The molecular weight excluding hydrogens is 521 g/mol. The number of pyridine rings is 1. The molecule has 1 aromatic heterocycles. The molecule has 1 aliphatic heterocycles. The van der Waals surface area contributed by atoms with Gasteiger partial charge in [0.2, 0.25) is 0 Å². The molecule has 4 rings (SSSR count). The summed E-state index contributed by atoms with van der Waals surface area (Å²) in [6.45, 7) is 2.44. The summed E-state index contributed by atoms with van der Waals surface area (Å²) in [5.74, 6) is -0.456. The van der Waals surface area contributed by atoms with Crippen LogP contribution in [0.25, 0.3) is 10.9 Å². The van der Waals surface area contributed by atoms with E-state index in [2.05, 4.69) is 34.5 Å². The average Bonchev–Trinajstić information content (AvgIpc) is 3.09. The van der Waals surface area contributed by atoms with Gasteiger partial charge in [0.15, 0.2) is 5.41 Å². The summed E-state index contributed by atoms with van der Waals surface area (Å²) >= 11 is 8.94. The number of benzene rings is 1. The second kappa shape index (κ2) is 7.51. The van der Waals surface area contributed by atoms with Gasteiger partial charge in [0, 0.05) is 27.0 Å². The Morgan fingerprint density at radius 3 is 2.57 bits per heavy atom. The standard InChI is InChI=1S/C22H23ClINO5/c1-20(11-24)8-21(10-22(9-20,18(26)28-2)19(27)29-3)12-30-17-14(21)7-15(23)13-5-4-6-25-16(13)17/h4-7H,8-12H2,1-3H3/t20-,21-/m1/s1. The van der Waals surface area contributed by atoms with Gasteiger partial charge in [-0.1, -0.05) is 41.1 Å². The van der Waals surface area contributed by atoms with Crippen molar-refractivity contribution in [1.29, 1.82) is 0 Å². The second-order valence-corrected chi connectivity index (χ2v) is 9.91. The first-order valence-electron chi connectivity index (χ1n) is 9.67. The minimum atomic E-state index is -1.40. The molecule has 8 heteroatoms. The molecule has 2 aliphatic rings. The van der Waals surface area contributed by atoms with Crippen LogP contribution in [0.4, 0.5) is 0 Å². The Hall–Kier alpha value is -1.61. The number of methoxy groups -OCH3 is 2. The number of esters is 2. The molecule has 0 radical (unpaired) electrons. The Morgan fingerprint density at radius 1 is 1.23 bits per heavy atom. The highest BCUT2D eigenvalue weighted by Crippen LogP contribution is 2.61. The summed E-state index contributed by atoms with van der Waals surface area (Å²) < 4.78 is 17.2. The lowest BCUT2D eigenvalue weighted by Gasteiger charge is -2.50. The molecule has 160 valence electrons. The minimum absolute atomic E-state index is 0.243. The monoisotopic (exact) mass is 543 g/mol. The molecule has 0 amide bonds. The molecule has 0 N–H and O–H groups in total. The predicted octanol–water partition coefficient (Wildman–Crippen LogP) is 4.48. The Bertz CT molecular complexity index is 1030. The van der Waals surface area contributed by atoms with Gasteiger partial charge >= 0.3 is 11.9 Å². The number of nitrogens with zero attached hydrogens (tertiary/aromatic N) is 1. The predicted molar refractivity (Wildman–Crippen MR) is 121 cm³/mol. The van der Waals surface area contributed by atoms with E-state index in [9.17, 15) is 9.59 Å². The van der Waals surface area contributed by atoms with E-state index in [1.54, 1.807) is 6.20 Å². The fourth-order valence-electron chi connectivity index (χ4n) is 5.47. The highest BCUT2D eigenvalue weighted by Gasteiger charge is 2.63. The minimum Gasteiger partial charge on any atom is -0.490 e. The first-order chi connectivity index (χ1) is 14.2. The molecule has 1 spiro atoms. The smallest absolute Gasteiger partial charge is 0.323 e. The fourth-order valence-corrected chi connectivity index (χ4v) is 6.27. The van der Waals surface area contributed by atoms with Gasteiger partial charge in [-0.05, 0) is 42.9 Å². The van der Waals surface area contributed by atoms with Crippen LogP contribution in [0.15, 0.2) is 24.4 Å². The van der Waals surface area contributed by atoms with Gasteiger partial charge in [-0.2, -0.15) is 0 Å². The van der Waals surface area contributed by atoms with Crippen molar-refractivity contribution in [1.82, 2.24) is 4.98 Å². The van der Waals surface area contributed by atoms with Crippen LogP contribution in [0.5, 0.6) is 5.75 Å². The first-order valence-corrected chi connectivity index (χ1v) is 11.6. The molecule has 2 heterocycles. The lowest BCUT2D eigenvalue weighted by atomic mass is 9.52. The molecular formula is C22H23ClINO5. The van der Waals surface area contributed by atoms with E-state index >= 15 is 0 Å². The molecule has 1 aliphatic carbocycles. The van der Waals surface area contributed by atoms with Gasteiger partial charge in [0.1, 0.15) is 11.3 Å². The summed E-state index contributed by atoms with van der Waals surface area (Å²) in [6.07, 6.45) is 3.06. The lowest BCUT2D eigenvalue weighted by molar-refractivity contribution is -0.178. The van der Waals surface area contributed by atoms with Crippen LogP contribution in [-0.2, 0) is 24.5 Å². The fraction of sp³-hybridized carbons (Fsp3) is 0.500. The Kier molecular flexibility index (Phi) is 5.41. The molecule has 30 heavy (non-hydrogen) atoms. The number of carbonyl (C=O) groups is 2.